The predicted octanol–water partition coefficient (Wildman–Crippen LogP) is 0.303. The Hall–Kier alpha value is -0.520. The first-order valence-electron chi connectivity index (χ1n) is 4.19. The van der Waals surface area contributed by atoms with Gasteiger partial charge in [-0.15, -0.1) is 5.92 Å². The van der Waals surface area contributed by atoms with Crippen molar-refractivity contribution >= 4 is 0 Å². The minimum atomic E-state index is 0.643. The molecule has 1 saturated heterocycles. The van der Waals surface area contributed by atoms with Gasteiger partial charge in [-0.2, -0.15) is 0 Å². The Morgan fingerprint density at radius 1 is 1.64 bits per heavy atom. The van der Waals surface area contributed by atoms with Crippen molar-refractivity contribution in [3.05, 3.63) is 0 Å². The summed E-state index contributed by atoms with van der Waals surface area (Å²) in [6.07, 6.45) is 0. The van der Waals surface area contributed by atoms with Crippen LogP contribution >= 0.6 is 0 Å². The second kappa shape index (κ2) is 4.38. The molecule has 1 aliphatic heterocycles. The molecule has 0 radical (unpaired) electrons. The molecule has 0 aromatic heterocycles. The van der Waals surface area contributed by atoms with Crippen LogP contribution in [-0.4, -0.2) is 37.1 Å². The van der Waals surface area contributed by atoms with Gasteiger partial charge in [0.1, 0.15) is 0 Å². The number of nitrogens with one attached hydrogen (secondary N) is 1. The third kappa shape index (κ3) is 2.53. The van der Waals surface area contributed by atoms with Gasteiger partial charge in [0, 0.05) is 25.7 Å². The lowest BCUT2D eigenvalue weighted by Gasteiger charge is -2.32. The molecule has 2 nitrogen and oxygen atoms in total. The van der Waals surface area contributed by atoms with Crippen LogP contribution in [0, 0.1) is 11.8 Å². The molecule has 0 aliphatic carbocycles. The van der Waals surface area contributed by atoms with E-state index >= 15 is 0 Å². The summed E-state index contributed by atoms with van der Waals surface area (Å²) in [5, 5.41) is 3.35. The van der Waals surface area contributed by atoms with Crippen molar-refractivity contribution in [3.63, 3.8) is 0 Å². The standard InChI is InChI=1S/C9H16N2/c1-3-4-6-11-7-5-10-8-9(11)2/h9-10H,5-8H2,1-2H3/t9-/m0/s1. The van der Waals surface area contributed by atoms with Crippen LogP contribution < -0.4 is 5.32 Å². The van der Waals surface area contributed by atoms with Crippen molar-refractivity contribution in [3.8, 4) is 11.8 Å². The fourth-order valence-corrected chi connectivity index (χ4v) is 1.30. The summed E-state index contributed by atoms with van der Waals surface area (Å²) in [5.74, 6) is 6.02. The monoisotopic (exact) mass is 152 g/mol. The summed E-state index contributed by atoms with van der Waals surface area (Å²) in [4.78, 5) is 2.41. The predicted molar refractivity (Wildman–Crippen MR) is 47.4 cm³/mol. The Morgan fingerprint density at radius 3 is 3.09 bits per heavy atom. The Labute approximate surface area is 69.0 Å². The largest absolute Gasteiger partial charge is 0.314 e. The van der Waals surface area contributed by atoms with Gasteiger partial charge in [0.15, 0.2) is 0 Å². The third-order valence-corrected chi connectivity index (χ3v) is 2.10. The molecule has 0 bridgehead atoms. The summed E-state index contributed by atoms with van der Waals surface area (Å²) < 4.78 is 0. The molecule has 1 atom stereocenters. The Kier molecular flexibility index (Phi) is 3.41. The van der Waals surface area contributed by atoms with Gasteiger partial charge >= 0.3 is 0 Å². The van der Waals surface area contributed by atoms with E-state index in [1.54, 1.807) is 0 Å². The molecule has 11 heavy (non-hydrogen) atoms. The molecule has 1 heterocycles. The highest BCUT2D eigenvalue weighted by atomic mass is 15.2. The van der Waals surface area contributed by atoms with Gasteiger partial charge in [0.05, 0.1) is 6.54 Å². The SMILES string of the molecule is CC#CCN1CCNC[C@@H]1C. The molecule has 1 N–H and O–H groups in total. The first-order chi connectivity index (χ1) is 5.34. The number of rotatable bonds is 1. The van der Waals surface area contributed by atoms with Crippen molar-refractivity contribution in [2.24, 2.45) is 0 Å². The smallest absolute Gasteiger partial charge is 0.0604 e. The van der Waals surface area contributed by atoms with Gasteiger partial charge in [-0.05, 0) is 13.8 Å². The quantitative estimate of drug-likeness (QED) is 0.544. The summed E-state index contributed by atoms with van der Waals surface area (Å²) in [6, 6.07) is 0.643. The molecule has 0 aromatic carbocycles. The van der Waals surface area contributed by atoms with E-state index in [0.717, 1.165) is 26.2 Å². The minimum Gasteiger partial charge on any atom is -0.314 e. The van der Waals surface area contributed by atoms with E-state index in [2.05, 4.69) is 29.0 Å². The van der Waals surface area contributed by atoms with E-state index in [0.29, 0.717) is 6.04 Å². The van der Waals surface area contributed by atoms with Crippen LogP contribution in [0.15, 0.2) is 0 Å². The maximum absolute atomic E-state index is 3.35. The van der Waals surface area contributed by atoms with Crippen molar-refractivity contribution in [2.45, 2.75) is 19.9 Å². The number of piperazine rings is 1. The maximum Gasteiger partial charge on any atom is 0.0604 e. The fraction of sp³-hybridized carbons (Fsp3) is 0.778. The number of nitrogens with zero attached hydrogens (tertiary/aromatic N) is 1. The Bertz CT molecular complexity index is 166. The van der Waals surface area contributed by atoms with E-state index in [1.807, 2.05) is 6.92 Å². The van der Waals surface area contributed by atoms with Crippen LogP contribution in [0.3, 0.4) is 0 Å². The van der Waals surface area contributed by atoms with E-state index in [1.165, 1.54) is 0 Å². The molecular weight excluding hydrogens is 136 g/mol. The van der Waals surface area contributed by atoms with E-state index in [-0.39, 0.29) is 0 Å². The molecule has 0 amide bonds. The molecule has 1 fully saturated rings. The van der Waals surface area contributed by atoms with Crippen LogP contribution in [0.4, 0.5) is 0 Å². The first-order valence-corrected chi connectivity index (χ1v) is 4.19. The molecule has 2 heteroatoms. The summed E-state index contributed by atoms with van der Waals surface area (Å²) in [5.41, 5.74) is 0. The molecule has 0 unspecified atom stereocenters. The molecule has 0 saturated carbocycles. The zero-order chi connectivity index (χ0) is 8.10. The highest BCUT2D eigenvalue weighted by Crippen LogP contribution is 1.99. The van der Waals surface area contributed by atoms with Gasteiger partial charge in [-0.3, -0.25) is 4.90 Å². The van der Waals surface area contributed by atoms with Crippen molar-refractivity contribution in [1.82, 2.24) is 10.2 Å². The first kappa shape index (κ1) is 8.58. The lowest BCUT2D eigenvalue weighted by molar-refractivity contribution is 0.196. The van der Waals surface area contributed by atoms with Gasteiger partial charge in [0.25, 0.3) is 0 Å². The van der Waals surface area contributed by atoms with E-state index in [9.17, 15) is 0 Å². The van der Waals surface area contributed by atoms with Gasteiger partial charge < -0.3 is 5.32 Å². The Morgan fingerprint density at radius 2 is 2.45 bits per heavy atom. The molecule has 0 aromatic rings. The topological polar surface area (TPSA) is 15.3 Å². The van der Waals surface area contributed by atoms with Crippen molar-refractivity contribution in [2.75, 3.05) is 26.2 Å². The lowest BCUT2D eigenvalue weighted by atomic mass is 10.2. The normalized spacial score (nSPS) is 25.8. The fourth-order valence-electron chi connectivity index (χ4n) is 1.30. The zero-order valence-electron chi connectivity index (χ0n) is 7.35. The summed E-state index contributed by atoms with van der Waals surface area (Å²) in [6.45, 7) is 8.41. The maximum atomic E-state index is 3.35. The lowest BCUT2D eigenvalue weighted by Crippen LogP contribution is -2.49. The summed E-state index contributed by atoms with van der Waals surface area (Å²) in [7, 11) is 0. The minimum absolute atomic E-state index is 0.643. The van der Waals surface area contributed by atoms with Crippen LogP contribution in [-0.2, 0) is 0 Å². The third-order valence-electron chi connectivity index (χ3n) is 2.10. The van der Waals surface area contributed by atoms with Crippen LogP contribution in [0.2, 0.25) is 0 Å². The van der Waals surface area contributed by atoms with Gasteiger partial charge in [-0.1, -0.05) is 5.92 Å². The molecule has 1 aliphatic rings. The summed E-state index contributed by atoms with van der Waals surface area (Å²) >= 11 is 0. The van der Waals surface area contributed by atoms with Crippen LogP contribution in [0.5, 0.6) is 0 Å². The van der Waals surface area contributed by atoms with Gasteiger partial charge in [-0.25, -0.2) is 0 Å². The average molecular weight is 152 g/mol. The van der Waals surface area contributed by atoms with Gasteiger partial charge in [0.2, 0.25) is 0 Å². The molecular formula is C9H16N2. The van der Waals surface area contributed by atoms with Crippen molar-refractivity contribution in [1.29, 1.82) is 0 Å². The highest BCUT2D eigenvalue weighted by Gasteiger charge is 2.15. The second-order valence-electron chi connectivity index (χ2n) is 2.95. The highest BCUT2D eigenvalue weighted by molar-refractivity contribution is 4.99. The second-order valence-corrected chi connectivity index (χ2v) is 2.95. The number of hydrogen-bond acceptors (Lipinski definition) is 2. The van der Waals surface area contributed by atoms with E-state index < -0.39 is 0 Å². The number of hydrogen-bond donors (Lipinski definition) is 1. The zero-order valence-corrected chi connectivity index (χ0v) is 7.35. The molecule has 0 spiro atoms. The van der Waals surface area contributed by atoms with E-state index in [4.69, 9.17) is 0 Å². The molecule has 1 rings (SSSR count). The van der Waals surface area contributed by atoms with Crippen molar-refractivity contribution < 1.29 is 0 Å². The molecule has 62 valence electrons. The van der Waals surface area contributed by atoms with Crippen LogP contribution in [0.1, 0.15) is 13.8 Å². The Balaban J connectivity index is 2.33. The van der Waals surface area contributed by atoms with Crippen LogP contribution in [0.25, 0.3) is 0 Å². The average Bonchev–Trinajstić information content (AvgIpc) is 2.03.